The average Bonchev–Trinajstić information content (AvgIpc) is 2.77. The minimum Gasteiger partial charge on any atom is -0.455 e. The highest BCUT2D eigenvalue weighted by atomic mass is 32.2. The van der Waals surface area contributed by atoms with Gasteiger partial charge < -0.3 is 9.64 Å². The van der Waals surface area contributed by atoms with Gasteiger partial charge >= 0.3 is 5.97 Å². The lowest BCUT2D eigenvalue weighted by Crippen LogP contribution is -2.52. The number of nitrogens with zero attached hydrogens (tertiary/aromatic N) is 2. The monoisotopic (exact) mass is 446 g/mol. The van der Waals surface area contributed by atoms with Gasteiger partial charge in [-0.15, -0.1) is 0 Å². The number of sulfonamides is 1. The molecule has 0 N–H and O–H groups in total. The van der Waals surface area contributed by atoms with Gasteiger partial charge in [-0.1, -0.05) is 18.2 Å². The normalized spacial score (nSPS) is 32.8. The molecule has 1 aromatic carbocycles. The van der Waals surface area contributed by atoms with Crippen molar-refractivity contribution < 1.29 is 22.7 Å². The van der Waals surface area contributed by atoms with Crippen LogP contribution in [0, 0.1) is 29.6 Å². The number of carbonyl (C=O) groups excluding carboxylic acids is 2. The van der Waals surface area contributed by atoms with Gasteiger partial charge in [0.2, 0.25) is 10.0 Å². The van der Waals surface area contributed by atoms with Gasteiger partial charge in [-0.3, -0.25) is 9.59 Å². The molecule has 7 nitrogen and oxygen atoms in total. The molecule has 31 heavy (non-hydrogen) atoms. The second-order valence-electron chi connectivity index (χ2n) is 9.66. The Morgan fingerprint density at radius 2 is 1.45 bits per heavy atom. The zero-order chi connectivity index (χ0) is 21.6. The summed E-state index contributed by atoms with van der Waals surface area (Å²) in [5.41, 5.74) is 0. The summed E-state index contributed by atoms with van der Waals surface area (Å²) in [5.74, 6) is 1.97. The number of hydrogen-bond acceptors (Lipinski definition) is 5. The zero-order valence-corrected chi connectivity index (χ0v) is 18.5. The topological polar surface area (TPSA) is 84.0 Å². The summed E-state index contributed by atoms with van der Waals surface area (Å²) in [5, 5.41) is 0. The first-order valence-corrected chi connectivity index (χ1v) is 12.9. The molecular formula is C23H30N2O5S. The summed E-state index contributed by atoms with van der Waals surface area (Å²) in [6.45, 7) is 0.854. The van der Waals surface area contributed by atoms with E-state index in [9.17, 15) is 18.0 Å². The van der Waals surface area contributed by atoms with Gasteiger partial charge in [0.1, 0.15) is 0 Å². The summed E-state index contributed by atoms with van der Waals surface area (Å²) in [6.07, 6.45) is 5.88. The Morgan fingerprint density at radius 1 is 0.871 bits per heavy atom. The van der Waals surface area contributed by atoms with Crippen LogP contribution in [0.3, 0.4) is 0 Å². The summed E-state index contributed by atoms with van der Waals surface area (Å²) < 4.78 is 32.4. The maximum Gasteiger partial charge on any atom is 0.310 e. The lowest BCUT2D eigenvalue weighted by molar-refractivity contribution is -0.166. The number of esters is 1. The molecule has 0 unspecified atom stereocenters. The Hall–Kier alpha value is -1.93. The van der Waals surface area contributed by atoms with Gasteiger partial charge in [0.15, 0.2) is 6.61 Å². The van der Waals surface area contributed by atoms with Crippen molar-refractivity contribution in [2.45, 2.75) is 37.0 Å². The minimum absolute atomic E-state index is 0.0338. The molecule has 4 aliphatic carbocycles. The van der Waals surface area contributed by atoms with Crippen LogP contribution in [0.25, 0.3) is 0 Å². The average molecular weight is 447 g/mol. The molecule has 1 amide bonds. The van der Waals surface area contributed by atoms with Crippen LogP contribution < -0.4 is 0 Å². The number of hydrogen-bond donors (Lipinski definition) is 0. The second kappa shape index (κ2) is 8.20. The number of carbonyl (C=O) groups is 2. The molecule has 1 saturated heterocycles. The third-order valence-electron chi connectivity index (χ3n) is 7.81. The summed E-state index contributed by atoms with van der Waals surface area (Å²) in [7, 11) is -3.55. The molecule has 5 fully saturated rings. The van der Waals surface area contributed by atoms with E-state index in [1.165, 1.54) is 10.7 Å². The summed E-state index contributed by atoms with van der Waals surface area (Å²) in [6, 6.07) is 8.34. The van der Waals surface area contributed by atoms with Crippen LogP contribution in [0.1, 0.15) is 32.1 Å². The van der Waals surface area contributed by atoms with E-state index in [0.717, 1.165) is 37.5 Å². The van der Waals surface area contributed by atoms with E-state index in [1.54, 1.807) is 35.2 Å². The van der Waals surface area contributed by atoms with Gasteiger partial charge in [0, 0.05) is 26.2 Å². The van der Waals surface area contributed by atoms with E-state index in [0.29, 0.717) is 24.9 Å². The number of benzene rings is 1. The Kier molecular flexibility index (Phi) is 5.54. The third-order valence-corrected chi connectivity index (χ3v) is 9.72. The highest BCUT2D eigenvalue weighted by molar-refractivity contribution is 7.89. The standard InChI is InChI=1S/C23H30N2O5S/c26-21(15-30-23(27)22-18-11-16-10-17(13-18)14-19(22)12-16)24-6-8-25(9-7-24)31(28,29)20-4-2-1-3-5-20/h1-5,16-19,22H,6-15H2. The van der Waals surface area contributed by atoms with Crippen molar-refractivity contribution in [1.82, 2.24) is 9.21 Å². The van der Waals surface area contributed by atoms with Crippen LogP contribution in [0.2, 0.25) is 0 Å². The van der Waals surface area contributed by atoms with Crippen LogP contribution in [0.15, 0.2) is 35.2 Å². The van der Waals surface area contributed by atoms with Crippen molar-refractivity contribution in [3.8, 4) is 0 Å². The Bertz CT molecular complexity index is 912. The largest absolute Gasteiger partial charge is 0.455 e. The first-order chi connectivity index (χ1) is 14.9. The second-order valence-corrected chi connectivity index (χ2v) is 11.6. The Morgan fingerprint density at radius 3 is 2.03 bits per heavy atom. The predicted octanol–water partition coefficient (Wildman–Crippen LogP) is 2.14. The molecule has 4 saturated carbocycles. The molecule has 1 heterocycles. The first-order valence-electron chi connectivity index (χ1n) is 11.4. The number of amides is 1. The summed E-state index contributed by atoms with van der Waals surface area (Å²) in [4.78, 5) is 27.2. The molecule has 1 aliphatic heterocycles. The first kappa shape index (κ1) is 20.9. The van der Waals surface area contributed by atoms with E-state index in [-0.39, 0.29) is 42.4 Å². The molecular weight excluding hydrogens is 416 g/mol. The predicted molar refractivity (Wildman–Crippen MR) is 113 cm³/mol. The lowest BCUT2D eigenvalue weighted by Gasteiger charge is -2.53. The molecule has 0 atom stereocenters. The molecule has 0 radical (unpaired) electrons. The Labute approximate surface area is 183 Å². The van der Waals surface area contributed by atoms with Crippen LogP contribution in [0.5, 0.6) is 0 Å². The van der Waals surface area contributed by atoms with Gasteiger partial charge in [-0.25, -0.2) is 8.42 Å². The highest BCUT2D eigenvalue weighted by Gasteiger charge is 2.51. The fourth-order valence-corrected chi connectivity index (χ4v) is 7.99. The minimum atomic E-state index is -3.55. The van der Waals surface area contributed by atoms with Crippen molar-refractivity contribution in [3.05, 3.63) is 30.3 Å². The molecule has 168 valence electrons. The van der Waals surface area contributed by atoms with Gasteiger partial charge in [-0.2, -0.15) is 4.31 Å². The molecule has 1 aromatic rings. The van der Waals surface area contributed by atoms with Crippen LogP contribution in [-0.2, 0) is 24.3 Å². The fraction of sp³-hybridized carbons (Fsp3) is 0.652. The van der Waals surface area contributed by atoms with Crippen molar-refractivity contribution in [2.75, 3.05) is 32.8 Å². The molecule has 0 spiro atoms. The zero-order valence-electron chi connectivity index (χ0n) is 17.7. The smallest absolute Gasteiger partial charge is 0.310 e. The molecule has 0 aromatic heterocycles. The van der Waals surface area contributed by atoms with Crippen molar-refractivity contribution >= 4 is 21.9 Å². The van der Waals surface area contributed by atoms with E-state index < -0.39 is 10.0 Å². The lowest BCUT2D eigenvalue weighted by atomic mass is 9.52. The number of piperazine rings is 1. The molecule has 6 rings (SSSR count). The molecule has 8 heteroatoms. The fourth-order valence-electron chi connectivity index (χ4n) is 6.55. The number of ether oxygens (including phenoxy) is 1. The van der Waals surface area contributed by atoms with Gasteiger partial charge in [0.05, 0.1) is 10.8 Å². The molecule has 4 bridgehead atoms. The SMILES string of the molecule is O=C(OCC(=O)N1CCN(S(=O)(=O)c2ccccc2)CC1)C1C2CC3CC(C2)CC1C3. The van der Waals surface area contributed by atoms with Crippen molar-refractivity contribution in [3.63, 3.8) is 0 Å². The maximum atomic E-state index is 12.8. The number of rotatable bonds is 5. The van der Waals surface area contributed by atoms with E-state index in [1.807, 2.05) is 0 Å². The quantitative estimate of drug-likeness (QED) is 0.647. The highest BCUT2D eigenvalue weighted by Crippen LogP contribution is 2.56. The van der Waals surface area contributed by atoms with Crippen molar-refractivity contribution in [2.24, 2.45) is 29.6 Å². The Balaban J connectivity index is 1.12. The maximum absolute atomic E-state index is 12.8. The van der Waals surface area contributed by atoms with Crippen LogP contribution in [0.4, 0.5) is 0 Å². The van der Waals surface area contributed by atoms with E-state index >= 15 is 0 Å². The van der Waals surface area contributed by atoms with Gasteiger partial charge in [-0.05, 0) is 67.9 Å². The van der Waals surface area contributed by atoms with Crippen LogP contribution >= 0.6 is 0 Å². The molecule has 5 aliphatic rings. The van der Waals surface area contributed by atoms with Crippen molar-refractivity contribution in [1.29, 1.82) is 0 Å². The van der Waals surface area contributed by atoms with E-state index in [2.05, 4.69) is 0 Å². The van der Waals surface area contributed by atoms with Crippen LogP contribution in [-0.4, -0.2) is 62.3 Å². The van der Waals surface area contributed by atoms with E-state index in [4.69, 9.17) is 4.74 Å². The van der Waals surface area contributed by atoms with Gasteiger partial charge in [0.25, 0.3) is 5.91 Å². The third kappa shape index (κ3) is 4.00. The summed E-state index contributed by atoms with van der Waals surface area (Å²) >= 11 is 0.